The lowest BCUT2D eigenvalue weighted by atomic mass is 10.0. The van der Waals surface area contributed by atoms with Crippen LogP contribution in [-0.4, -0.2) is 62.1 Å². The molecule has 2 aliphatic heterocycles. The highest BCUT2D eigenvalue weighted by Crippen LogP contribution is 2.42. The molecule has 0 spiro atoms. The third kappa shape index (κ3) is 6.02. The maximum atomic E-state index is 13.5. The standard InChI is InChI=1S/C31H32F3N3O2/c1-35-17-15-25(21-35)36(2)16-6-18-39-26-13-11-24(12-14-26)37-29-10-4-3-9-27(29)28(30(37)38)20-22-7-5-8-23(19-22)31(32,33)34/h3-5,7-14,19-20,25H,6,15-18,21H2,1-2H3/b28-20-. The van der Waals surface area contributed by atoms with Gasteiger partial charge in [-0.15, -0.1) is 0 Å². The number of halogens is 3. The quantitative estimate of drug-likeness (QED) is 0.250. The second-order valence-corrected chi connectivity index (χ2v) is 10.2. The largest absolute Gasteiger partial charge is 0.494 e. The van der Waals surface area contributed by atoms with Crippen molar-refractivity contribution >= 4 is 28.9 Å². The fourth-order valence-electron chi connectivity index (χ4n) is 5.26. The van der Waals surface area contributed by atoms with E-state index in [9.17, 15) is 18.0 Å². The molecule has 0 N–H and O–H groups in total. The molecule has 39 heavy (non-hydrogen) atoms. The van der Waals surface area contributed by atoms with Gasteiger partial charge in [-0.05, 0) is 87.6 Å². The SMILES string of the molecule is CN1CCC(N(C)CCCOc2ccc(N3C(=O)/C(=C\c4cccc(C(F)(F)F)c4)c4ccccc43)cc2)C1. The Morgan fingerprint density at radius 2 is 1.82 bits per heavy atom. The molecule has 1 amide bonds. The highest BCUT2D eigenvalue weighted by molar-refractivity contribution is 6.38. The second kappa shape index (κ2) is 11.2. The number of carbonyl (C=O) groups excluding carboxylic acids is 1. The Balaban J connectivity index is 1.27. The molecule has 3 aromatic carbocycles. The van der Waals surface area contributed by atoms with E-state index in [1.165, 1.54) is 18.6 Å². The van der Waals surface area contributed by atoms with Gasteiger partial charge in [0, 0.05) is 30.4 Å². The molecule has 1 fully saturated rings. The van der Waals surface area contributed by atoms with Crippen molar-refractivity contribution in [2.45, 2.75) is 25.1 Å². The molecule has 2 heterocycles. The van der Waals surface area contributed by atoms with Crippen LogP contribution >= 0.6 is 0 Å². The predicted molar refractivity (Wildman–Crippen MR) is 148 cm³/mol. The number of anilines is 2. The van der Waals surface area contributed by atoms with Crippen molar-refractivity contribution in [2.75, 3.05) is 45.2 Å². The van der Waals surface area contributed by atoms with Gasteiger partial charge < -0.3 is 14.5 Å². The van der Waals surface area contributed by atoms with Crippen LogP contribution in [0.25, 0.3) is 11.6 Å². The maximum absolute atomic E-state index is 13.5. The number of nitrogens with zero attached hydrogens (tertiary/aromatic N) is 3. The van der Waals surface area contributed by atoms with Crippen LogP contribution in [0.3, 0.4) is 0 Å². The molecule has 2 aliphatic rings. The van der Waals surface area contributed by atoms with Gasteiger partial charge in [-0.25, -0.2) is 0 Å². The fraction of sp³-hybridized carbons (Fsp3) is 0.323. The number of hydrogen-bond acceptors (Lipinski definition) is 4. The molecule has 0 aliphatic carbocycles. The van der Waals surface area contributed by atoms with Gasteiger partial charge in [0.1, 0.15) is 5.75 Å². The van der Waals surface area contributed by atoms with Crippen molar-refractivity contribution in [3.63, 3.8) is 0 Å². The summed E-state index contributed by atoms with van der Waals surface area (Å²) in [5.74, 6) is 0.435. The molecule has 0 saturated carbocycles. The Bertz CT molecular complexity index is 1350. The third-order valence-corrected chi connectivity index (χ3v) is 7.40. The topological polar surface area (TPSA) is 36.0 Å². The Hall–Kier alpha value is -3.62. The van der Waals surface area contributed by atoms with Crippen LogP contribution in [0.5, 0.6) is 5.75 Å². The Labute approximate surface area is 227 Å². The zero-order chi connectivity index (χ0) is 27.6. The summed E-state index contributed by atoms with van der Waals surface area (Å²) in [7, 11) is 4.32. The van der Waals surface area contributed by atoms with Crippen molar-refractivity contribution in [3.05, 3.63) is 89.5 Å². The molecular weight excluding hydrogens is 503 g/mol. The molecule has 3 aromatic rings. The average Bonchev–Trinajstić information content (AvgIpc) is 3.48. The molecule has 1 unspecified atom stereocenters. The predicted octanol–water partition coefficient (Wildman–Crippen LogP) is 6.33. The molecule has 5 nitrogen and oxygen atoms in total. The van der Waals surface area contributed by atoms with Crippen LogP contribution in [0.2, 0.25) is 0 Å². The van der Waals surface area contributed by atoms with E-state index in [0.29, 0.717) is 40.7 Å². The van der Waals surface area contributed by atoms with E-state index in [0.717, 1.165) is 43.9 Å². The van der Waals surface area contributed by atoms with Crippen LogP contribution in [0.1, 0.15) is 29.5 Å². The number of para-hydroxylation sites is 1. The molecule has 5 rings (SSSR count). The lowest BCUT2D eigenvalue weighted by molar-refractivity contribution is -0.137. The minimum Gasteiger partial charge on any atom is -0.494 e. The molecule has 1 atom stereocenters. The summed E-state index contributed by atoms with van der Waals surface area (Å²) >= 11 is 0. The first kappa shape index (κ1) is 27.0. The monoisotopic (exact) mass is 535 g/mol. The van der Waals surface area contributed by atoms with E-state index in [2.05, 4.69) is 23.9 Å². The molecule has 0 bridgehead atoms. The van der Waals surface area contributed by atoms with Crippen molar-refractivity contribution in [2.24, 2.45) is 0 Å². The van der Waals surface area contributed by atoms with Crippen molar-refractivity contribution in [1.82, 2.24) is 9.80 Å². The number of likely N-dealkylation sites (tertiary alicyclic amines) is 1. The lowest BCUT2D eigenvalue weighted by Crippen LogP contribution is -2.35. The van der Waals surface area contributed by atoms with E-state index < -0.39 is 11.7 Å². The van der Waals surface area contributed by atoms with E-state index in [4.69, 9.17) is 4.74 Å². The minimum absolute atomic E-state index is 0.289. The first-order chi connectivity index (χ1) is 18.7. The molecule has 1 saturated heterocycles. The van der Waals surface area contributed by atoms with Crippen LogP contribution in [-0.2, 0) is 11.0 Å². The summed E-state index contributed by atoms with van der Waals surface area (Å²) in [6.07, 6.45) is -0.815. The van der Waals surface area contributed by atoms with Crippen LogP contribution in [0, 0.1) is 0 Å². The molecule has 0 aromatic heterocycles. The Kier molecular flexibility index (Phi) is 7.77. The second-order valence-electron chi connectivity index (χ2n) is 10.2. The summed E-state index contributed by atoms with van der Waals surface area (Å²) < 4.78 is 45.6. The molecule has 204 valence electrons. The van der Waals surface area contributed by atoms with E-state index in [-0.39, 0.29) is 5.91 Å². The lowest BCUT2D eigenvalue weighted by Gasteiger charge is -2.24. The third-order valence-electron chi connectivity index (χ3n) is 7.40. The van der Waals surface area contributed by atoms with Gasteiger partial charge in [0.05, 0.1) is 23.4 Å². The van der Waals surface area contributed by atoms with Gasteiger partial charge in [-0.1, -0.05) is 30.3 Å². The van der Waals surface area contributed by atoms with Gasteiger partial charge in [0.25, 0.3) is 5.91 Å². The first-order valence-electron chi connectivity index (χ1n) is 13.1. The van der Waals surface area contributed by atoms with Crippen LogP contribution in [0.15, 0.2) is 72.8 Å². The number of amides is 1. The highest BCUT2D eigenvalue weighted by Gasteiger charge is 2.34. The number of rotatable bonds is 8. The number of ether oxygens (including phenoxy) is 1. The number of likely N-dealkylation sites (N-methyl/N-ethyl adjacent to an activating group) is 2. The van der Waals surface area contributed by atoms with E-state index in [1.807, 2.05) is 48.5 Å². The molecule has 8 heteroatoms. The average molecular weight is 536 g/mol. The summed E-state index contributed by atoms with van der Waals surface area (Å²) in [4.78, 5) is 19.9. The number of benzene rings is 3. The van der Waals surface area contributed by atoms with Crippen LogP contribution in [0.4, 0.5) is 24.5 Å². The van der Waals surface area contributed by atoms with Gasteiger partial charge in [-0.2, -0.15) is 13.2 Å². The normalized spacial score (nSPS) is 18.8. The van der Waals surface area contributed by atoms with Gasteiger partial charge in [0.15, 0.2) is 0 Å². The van der Waals surface area contributed by atoms with Gasteiger partial charge in [-0.3, -0.25) is 9.69 Å². The summed E-state index contributed by atoms with van der Waals surface area (Å²) in [5.41, 5.74) is 1.95. The van der Waals surface area contributed by atoms with E-state index >= 15 is 0 Å². The van der Waals surface area contributed by atoms with E-state index in [1.54, 1.807) is 11.0 Å². The zero-order valence-corrected chi connectivity index (χ0v) is 22.1. The highest BCUT2D eigenvalue weighted by atomic mass is 19.4. The number of carbonyl (C=O) groups is 1. The zero-order valence-electron chi connectivity index (χ0n) is 22.1. The number of hydrogen-bond donors (Lipinski definition) is 0. The fourth-order valence-corrected chi connectivity index (χ4v) is 5.26. The van der Waals surface area contributed by atoms with Crippen LogP contribution < -0.4 is 9.64 Å². The maximum Gasteiger partial charge on any atom is 0.416 e. The number of alkyl halides is 3. The molecular formula is C31H32F3N3O2. The summed E-state index contributed by atoms with van der Waals surface area (Å²) in [5, 5.41) is 0. The first-order valence-corrected chi connectivity index (χ1v) is 13.1. The smallest absolute Gasteiger partial charge is 0.416 e. The van der Waals surface area contributed by atoms with Gasteiger partial charge in [0.2, 0.25) is 0 Å². The number of fused-ring (bicyclic) bond motifs is 1. The molecule has 0 radical (unpaired) electrons. The minimum atomic E-state index is -4.45. The Morgan fingerprint density at radius 1 is 1.05 bits per heavy atom. The van der Waals surface area contributed by atoms with Crippen molar-refractivity contribution in [3.8, 4) is 5.75 Å². The summed E-state index contributed by atoms with van der Waals surface area (Å²) in [6, 6.07) is 20.2. The van der Waals surface area contributed by atoms with Crippen molar-refractivity contribution < 1.29 is 22.7 Å². The summed E-state index contributed by atoms with van der Waals surface area (Å²) in [6.45, 7) is 3.82. The van der Waals surface area contributed by atoms with Gasteiger partial charge >= 0.3 is 6.18 Å². The van der Waals surface area contributed by atoms with Crippen molar-refractivity contribution in [1.29, 1.82) is 0 Å². The Morgan fingerprint density at radius 3 is 2.54 bits per heavy atom.